The molecule has 1 N–H and O–H groups in total. The van der Waals surface area contributed by atoms with Gasteiger partial charge >= 0.3 is 0 Å². The molecule has 7 nitrogen and oxygen atoms in total. The number of hydrogen-bond acceptors (Lipinski definition) is 6. The lowest BCUT2D eigenvalue weighted by molar-refractivity contribution is 0.602. The zero-order chi connectivity index (χ0) is 15.2. The molecule has 2 aromatic rings. The fraction of sp³-hybridized carbons (Fsp3) is 0.615. The van der Waals surface area contributed by atoms with Crippen molar-refractivity contribution in [1.29, 1.82) is 0 Å². The lowest BCUT2D eigenvalue weighted by Gasteiger charge is -2.13. The maximum Gasteiger partial charge on any atom is 0.156 e. The molecule has 0 amide bonds. The quantitative estimate of drug-likeness (QED) is 0.912. The van der Waals surface area contributed by atoms with Gasteiger partial charge in [-0.25, -0.2) is 18.4 Å². The van der Waals surface area contributed by atoms with Crippen LogP contribution in [-0.2, 0) is 16.4 Å². The molecule has 21 heavy (non-hydrogen) atoms. The lowest BCUT2D eigenvalue weighted by Crippen LogP contribution is -2.22. The van der Waals surface area contributed by atoms with Crippen LogP contribution in [0.4, 0.5) is 5.82 Å². The maximum atomic E-state index is 11.6. The molecule has 1 fully saturated rings. The highest BCUT2D eigenvalue weighted by molar-refractivity contribution is 7.91. The summed E-state index contributed by atoms with van der Waals surface area (Å²) < 4.78 is 25.1. The summed E-state index contributed by atoms with van der Waals surface area (Å²) >= 11 is 0. The molecule has 0 saturated carbocycles. The highest BCUT2D eigenvalue weighted by Crippen LogP contribution is 2.25. The van der Waals surface area contributed by atoms with Crippen molar-refractivity contribution < 1.29 is 8.42 Å². The van der Waals surface area contributed by atoms with Crippen LogP contribution in [0.25, 0.3) is 11.0 Å². The predicted molar refractivity (Wildman–Crippen MR) is 81.2 cm³/mol. The van der Waals surface area contributed by atoms with Gasteiger partial charge in [-0.1, -0.05) is 0 Å². The lowest BCUT2D eigenvalue weighted by atomic mass is 10.2. The van der Waals surface area contributed by atoms with Crippen LogP contribution in [0.15, 0.2) is 0 Å². The molecule has 0 unspecified atom stereocenters. The topological polar surface area (TPSA) is 89.8 Å². The predicted octanol–water partition coefficient (Wildman–Crippen LogP) is 1.06. The number of nitrogens with zero attached hydrogens (tertiary/aromatic N) is 4. The van der Waals surface area contributed by atoms with Crippen LogP contribution >= 0.6 is 0 Å². The SMILES string of the molecule is CCn1nc(C)c2nc(C)nc(N[C@H]3CCS(=O)(=O)C3)c21. The molecule has 1 aliphatic heterocycles. The average Bonchev–Trinajstić information content (AvgIpc) is 2.90. The molecule has 3 heterocycles. The van der Waals surface area contributed by atoms with E-state index in [1.807, 2.05) is 25.5 Å². The van der Waals surface area contributed by atoms with Gasteiger partial charge in [-0.15, -0.1) is 0 Å². The molecule has 0 radical (unpaired) electrons. The number of aryl methyl sites for hydroxylation is 3. The van der Waals surface area contributed by atoms with E-state index in [4.69, 9.17) is 0 Å². The molecule has 1 atom stereocenters. The fourth-order valence-corrected chi connectivity index (χ4v) is 4.45. The largest absolute Gasteiger partial charge is 0.364 e. The summed E-state index contributed by atoms with van der Waals surface area (Å²) in [5.41, 5.74) is 2.54. The first-order chi connectivity index (χ1) is 9.89. The number of hydrogen-bond donors (Lipinski definition) is 1. The van der Waals surface area contributed by atoms with Crippen molar-refractivity contribution in [1.82, 2.24) is 19.7 Å². The molecule has 1 saturated heterocycles. The van der Waals surface area contributed by atoms with Crippen LogP contribution < -0.4 is 5.32 Å². The smallest absolute Gasteiger partial charge is 0.156 e. The van der Waals surface area contributed by atoms with Gasteiger partial charge in [-0.2, -0.15) is 5.10 Å². The van der Waals surface area contributed by atoms with Gasteiger partial charge in [0, 0.05) is 12.6 Å². The summed E-state index contributed by atoms with van der Waals surface area (Å²) in [5, 5.41) is 7.75. The number of anilines is 1. The molecule has 0 aliphatic carbocycles. The van der Waals surface area contributed by atoms with E-state index >= 15 is 0 Å². The Morgan fingerprint density at radius 3 is 2.71 bits per heavy atom. The van der Waals surface area contributed by atoms with Gasteiger partial charge in [-0.05, 0) is 27.2 Å². The summed E-state index contributed by atoms with van der Waals surface area (Å²) in [5.74, 6) is 1.74. The number of aromatic nitrogens is 4. The van der Waals surface area contributed by atoms with Crippen molar-refractivity contribution in [2.24, 2.45) is 0 Å². The van der Waals surface area contributed by atoms with Crippen molar-refractivity contribution in [3.63, 3.8) is 0 Å². The standard InChI is InChI=1S/C13H19N5O2S/c1-4-18-12-11(8(2)17-18)14-9(3)15-13(12)16-10-5-6-21(19,20)7-10/h10H,4-7H2,1-3H3,(H,14,15,16)/t10-/m0/s1. The summed E-state index contributed by atoms with van der Waals surface area (Å²) in [6.07, 6.45) is 0.617. The first kappa shape index (κ1) is 14.2. The number of fused-ring (bicyclic) bond motifs is 1. The number of sulfone groups is 1. The normalized spacial score (nSPS) is 21.0. The number of nitrogens with one attached hydrogen (secondary N) is 1. The van der Waals surface area contributed by atoms with Gasteiger partial charge in [0.05, 0.1) is 17.2 Å². The minimum absolute atomic E-state index is 0.0898. The molecule has 0 bridgehead atoms. The minimum atomic E-state index is -2.92. The molecule has 3 rings (SSSR count). The molecule has 114 valence electrons. The molecule has 0 aromatic carbocycles. The van der Waals surface area contributed by atoms with Crippen LogP contribution in [0.5, 0.6) is 0 Å². The molecule has 8 heteroatoms. The Morgan fingerprint density at radius 2 is 2.10 bits per heavy atom. The molecular formula is C13H19N5O2S. The second kappa shape index (κ2) is 4.94. The van der Waals surface area contributed by atoms with Gasteiger partial charge in [0.1, 0.15) is 16.9 Å². The molecule has 0 spiro atoms. The summed E-state index contributed by atoms with van der Waals surface area (Å²) in [4.78, 5) is 8.91. The van der Waals surface area contributed by atoms with Gasteiger partial charge in [0.15, 0.2) is 15.7 Å². The van der Waals surface area contributed by atoms with Crippen LogP contribution in [0.1, 0.15) is 24.9 Å². The van der Waals surface area contributed by atoms with Crippen molar-refractivity contribution >= 4 is 26.7 Å². The van der Waals surface area contributed by atoms with E-state index in [2.05, 4.69) is 20.4 Å². The monoisotopic (exact) mass is 309 g/mol. The average molecular weight is 309 g/mol. The van der Waals surface area contributed by atoms with Crippen molar-refractivity contribution in [2.75, 3.05) is 16.8 Å². The zero-order valence-corrected chi connectivity index (χ0v) is 13.2. The van der Waals surface area contributed by atoms with Crippen LogP contribution in [-0.4, -0.2) is 45.7 Å². The van der Waals surface area contributed by atoms with E-state index in [0.717, 1.165) is 16.7 Å². The maximum absolute atomic E-state index is 11.6. The van der Waals surface area contributed by atoms with Gasteiger partial charge in [0.2, 0.25) is 0 Å². The van der Waals surface area contributed by atoms with E-state index in [1.165, 1.54) is 0 Å². The third-order valence-corrected chi connectivity index (χ3v) is 5.51. The Morgan fingerprint density at radius 1 is 1.33 bits per heavy atom. The van der Waals surface area contributed by atoms with Gasteiger partial charge < -0.3 is 5.32 Å². The first-order valence-electron chi connectivity index (χ1n) is 7.08. The van der Waals surface area contributed by atoms with E-state index in [0.29, 0.717) is 24.6 Å². The van der Waals surface area contributed by atoms with E-state index in [9.17, 15) is 8.42 Å². The summed E-state index contributed by atoms with van der Waals surface area (Å²) in [6, 6.07) is -0.0898. The minimum Gasteiger partial charge on any atom is -0.364 e. The Labute approximate surface area is 123 Å². The second-order valence-corrected chi connectivity index (χ2v) is 7.69. The fourth-order valence-electron chi connectivity index (χ4n) is 2.77. The van der Waals surface area contributed by atoms with E-state index in [1.54, 1.807) is 0 Å². The Balaban J connectivity index is 2.05. The van der Waals surface area contributed by atoms with E-state index in [-0.39, 0.29) is 17.5 Å². The highest BCUT2D eigenvalue weighted by atomic mass is 32.2. The Bertz CT molecular complexity index is 796. The molecular weight excluding hydrogens is 290 g/mol. The van der Waals surface area contributed by atoms with E-state index < -0.39 is 9.84 Å². The zero-order valence-electron chi connectivity index (χ0n) is 12.4. The van der Waals surface area contributed by atoms with Crippen molar-refractivity contribution in [3.05, 3.63) is 11.5 Å². The van der Waals surface area contributed by atoms with Crippen LogP contribution in [0.2, 0.25) is 0 Å². The third-order valence-electron chi connectivity index (χ3n) is 3.74. The van der Waals surface area contributed by atoms with Crippen molar-refractivity contribution in [3.8, 4) is 0 Å². The summed E-state index contributed by atoms with van der Waals surface area (Å²) in [6.45, 7) is 6.48. The third kappa shape index (κ3) is 2.59. The van der Waals surface area contributed by atoms with Crippen molar-refractivity contribution in [2.45, 2.75) is 39.8 Å². The highest BCUT2D eigenvalue weighted by Gasteiger charge is 2.29. The number of rotatable bonds is 3. The van der Waals surface area contributed by atoms with Gasteiger partial charge in [-0.3, -0.25) is 4.68 Å². The van der Waals surface area contributed by atoms with Gasteiger partial charge in [0.25, 0.3) is 0 Å². The second-order valence-electron chi connectivity index (χ2n) is 5.46. The van der Waals surface area contributed by atoms with Crippen LogP contribution in [0, 0.1) is 13.8 Å². The Hall–Kier alpha value is -1.70. The Kier molecular flexibility index (Phi) is 3.35. The van der Waals surface area contributed by atoms with Crippen LogP contribution in [0.3, 0.4) is 0 Å². The molecule has 2 aromatic heterocycles. The molecule has 1 aliphatic rings. The first-order valence-corrected chi connectivity index (χ1v) is 8.90. The summed E-state index contributed by atoms with van der Waals surface area (Å²) in [7, 11) is -2.92.